The van der Waals surface area contributed by atoms with Crippen LogP contribution in [0.15, 0.2) is 24.3 Å². The Balaban J connectivity index is 2.11. The summed E-state index contributed by atoms with van der Waals surface area (Å²) < 4.78 is 43.2. The lowest BCUT2D eigenvalue weighted by molar-refractivity contribution is -0.146. The number of alkyl halides is 3. The second-order valence-electron chi connectivity index (χ2n) is 4.42. The van der Waals surface area contributed by atoms with Gasteiger partial charge in [-0.15, -0.1) is 0 Å². The number of rotatable bonds is 4. The van der Waals surface area contributed by atoms with E-state index < -0.39 is 29.5 Å². The number of esters is 1. The van der Waals surface area contributed by atoms with Crippen molar-refractivity contribution >= 4 is 5.97 Å². The minimum Gasteiger partial charge on any atom is -0.463 e. The fourth-order valence-electron chi connectivity index (χ4n) is 2.13. The summed E-state index contributed by atoms with van der Waals surface area (Å²) in [5, 5.41) is 8.53. The van der Waals surface area contributed by atoms with Crippen molar-refractivity contribution in [2.75, 3.05) is 13.2 Å². The third kappa shape index (κ3) is 3.07. The standard InChI is InChI=1S/C13H13F3O3/c14-13(15,16)11-4-2-1-3-8(11)9-7-10(9)12(18)19-6-5-17/h1-4,9-10,17H,5-7H2. The summed E-state index contributed by atoms with van der Waals surface area (Å²) in [6, 6.07) is 5.27. The molecular formula is C13H13F3O3. The molecule has 0 aromatic heterocycles. The summed E-state index contributed by atoms with van der Waals surface area (Å²) >= 11 is 0. The van der Waals surface area contributed by atoms with Crippen molar-refractivity contribution < 1.29 is 27.8 Å². The highest BCUT2D eigenvalue weighted by Crippen LogP contribution is 2.51. The molecule has 2 rings (SSSR count). The number of aliphatic hydroxyl groups excluding tert-OH is 1. The molecule has 19 heavy (non-hydrogen) atoms. The highest BCUT2D eigenvalue weighted by atomic mass is 19.4. The maximum absolute atomic E-state index is 12.8. The molecule has 1 saturated carbocycles. The number of carbonyl (C=O) groups is 1. The lowest BCUT2D eigenvalue weighted by atomic mass is 10.0. The van der Waals surface area contributed by atoms with Gasteiger partial charge in [0, 0.05) is 0 Å². The van der Waals surface area contributed by atoms with Gasteiger partial charge in [-0.1, -0.05) is 18.2 Å². The van der Waals surface area contributed by atoms with E-state index in [1.54, 1.807) is 0 Å². The van der Waals surface area contributed by atoms with E-state index in [0.29, 0.717) is 6.42 Å². The molecule has 0 heterocycles. The first kappa shape index (κ1) is 13.9. The number of hydrogen-bond donors (Lipinski definition) is 1. The van der Waals surface area contributed by atoms with Crippen LogP contribution in [0.5, 0.6) is 0 Å². The van der Waals surface area contributed by atoms with Crippen molar-refractivity contribution in [3.63, 3.8) is 0 Å². The van der Waals surface area contributed by atoms with Crippen LogP contribution in [0.3, 0.4) is 0 Å². The molecule has 1 aromatic carbocycles. The molecule has 6 heteroatoms. The molecule has 3 nitrogen and oxygen atoms in total. The van der Waals surface area contributed by atoms with Gasteiger partial charge < -0.3 is 9.84 Å². The van der Waals surface area contributed by atoms with Crippen LogP contribution in [0.2, 0.25) is 0 Å². The Morgan fingerprint density at radius 2 is 2.05 bits per heavy atom. The predicted octanol–water partition coefficient (Wildman–Crippen LogP) is 2.34. The van der Waals surface area contributed by atoms with Crippen LogP contribution in [-0.2, 0) is 15.7 Å². The summed E-state index contributed by atoms with van der Waals surface area (Å²) in [5.41, 5.74) is -0.557. The average Bonchev–Trinajstić information content (AvgIpc) is 3.15. The minimum absolute atomic E-state index is 0.122. The van der Waals surface area contributed by atoms with Crippen LogP contribution in [0.4, 0.5) is 13.2 Å². The predicted molar refractivity (Wildman–Crippen MR) is 60.3 cm³/mol. The van der Waals surface area contributed by atoms with E-state index in [2.05, 4.69) is 0 Å². The van der Waals surface area contributed by atoms with E-state index in [0.717, 1.165) is 6.07 Å². The largest absolute Gasteiger partial charge is 0.463 e. The lowest BCUT2D eigenvalue weighted by Gasteiger charge is -2.12. The number of aliphatic hydroxyl groups is 1. The molecule has 2 atom stereocenters. The second kappa shape index (κ2) is 5.21. The van der Waals surface area contributed by atoms with Gasteiger partial charge in [0.25, 0.3) is 0 Å². The Kier molecular flexibility index (Phi) is 3.80. The van der Waals surface area contributed by atoms with Gasteiger partial charge in [0.05, 0.1) is 18.1 Å². The summed E-state index contributed by atoms with van der Waals surface area (Å²) in [7, 11) is 0. The fraction of sp³-hybridized carbons (Fsp3) is 0.462. The van der Waals surface area contributed by atoms with Gasteiger partial charge in [0.1, 0.15) is 6.61 Å². The van der Waals surface area contributed by atoms with Gasteiger partial charge in [-0.05, 0) is 24.0 Å². The third-order valence-corrected chi connectivity index (χ3v) is 3.09. The van der Waals surface area contributed by atoms with Crippen LogP contribution < -0.4 is 0 Å². The molecule has 1 aliphatic rings. The summed E-state index contributed by atoms with van der Waals surface area (Å²) in [5.74, 6) is -1.52. The molecule has 1 aliphatic carbocycles. The molecule has 0 bridgehead atoms. The van der Waals surface area contributed by atoms with Gasteiger partial charge in [-0.2, -0.15) is 13.2 Å². The molecule has 0 aliphatic heterocycles. The topological polar surface area (TPSA) is 46.5 Å². The van der Waals surface area contributed by atoms with Gasteiger partial charge >= 0.3 is 12.1 Å². The molecule has 0 radical (unpaired) electrons. The average molecular weight is 274 g/mol. The number of carbonyl (C=O) groups excluding carboxylic acids is 1. The number of ether oxygens (including phenoxy) is 1. The Labute approximate surface area is 108 Å². The van der Waals surface area contributed by atoms with Crippen molar-refractivity contribution in [3.05, 3.63) is 35.4 Å². The molecule has 104 valence electrons. The lowest BCUT2D eigenvalue weighted by Crippen LogP contribution is -2.13. The summed E-state index contributed by atoms with van der Waals surface area (Å²) in [6.45, 7) is -0.411. The quantitative estimate of drug-likeness (QED) is 0.857. The van der Waals surface area contributed by atoms with Crippen molar-refractivity contribution in [1.82, 2.24) is 0 Å². The Morgan fingerprint density at radius 1 is 1.37 bits per heavy atom. The fourth-order valence-corrected chi connectivity index (χ4v) is 2.13. The normalized spacial score (nSPS) is 22.1. The molecule has 1 fully saturated rings. The van der Waals surface area contributed by atoms with Crippen LogP contribution in [-0.4, -0.2) is 24.3 Å². The van der Waals surface area contributed by atoms with Crippen LogP contribution >= 0.6 is 0 Å². The summed E-state index contributed by atoms with van der Waals surface area (Å²) in [6.07, 6.45) is -4.06. The SMILES string of the molecule is O=C(OCCO)C1CC1c1ccccc1C(F)(F)F. The van der Waals surface area contributed by atoms with Gasteiger partial charge in [0.2, 0.25) is 0 Å². The van der Waals surface area contributed by atoms with E-state index in [9.17, 15) is 18.0 Å². The van der Waals surface area contributed by atoms with Crippen molar-refractivity contribution in [2.45, 2.75) is 18.5 Å². The number of halogens is 3. The second-order valence-corrected chi connectivity index (χ2v) is 4.42. The molecule has 2 unspecified atom stereocenters. The van der Waals surface area contributed by atoms with E-state index in [1.807, 2.05) is 0 Å². The summed E-state index contributed by atoms with van der Waals surface area (Å²) in [4.78, 5) is 11.5. The molecule has 0 saturated heterocycles. The highest BCUT2D eigenvalue weighted by Gasteiger charge is 2.48. The molecule has 1 aromatic rings. The first-order chi connectivity index (χ1) is 8.95. The van der Waals surface area contributed by atoms with Crippen molar-refractivity contribution in [2.24, 2.45) is 5.92 Å². The molecular weight excluding hydrogens is 261 g/mol. The Morgan fingerprint density at radius 3 is 2.68 bits per heavy atom. The number of hydrogen-bond acceptors (Lipinski definition) is 3. The van der Waals surface area contributed by atoms with E-state index in [1.165, 1.54) is 18.2 Å². The Hall–Kier alpha value is -1.56. The smallest absolute Gasteiger partial charge is 0.416 e. The molecule has 0 spiro atoms. The Bertz CT molecular complexity index is 470. The monoisotopic (exact) mass is 274 g/mol. The van der Waals surface area contributed by atoms with Crippen LogP contribution in [0.25, 0.3) is 0 Å². The van der Waals surface area contributed by atoms with Crippen molar-refractivity contribution in [3.8, 4) is 0 Å². The van der Waals surface area contributed by atoms with Gasteiger partial charge in [-0.3, -0.25) is 4.79 Å². The zero-order valence-electron chi connectivity index (χ0n) is 9.98. The maximum Gasteiger partial charge on any atom is 0.416 e. The zero-order chi connectivity index (χ0) is 14.0. The van der Waals surface area contributed by atoms with Crippen LogP contribution in [0.1, 0.15) is 23.5 Å². The molecule has 1 N–H and O–H groups in total. The van der Waals surface area contributed by atoms with Crippen LogP contribution in [0, 0.1) is 5.92 Å². The minimum atomic E-state index is -4.42. The zero-order valence-corrected chi connectivity index (χ0v) is 9.98. The first-order valence-electron chi connectivity index (χ1n) is 5.88. The van der Waals surface area contributed by atoms with E-state index >= 15 is 0 Å². The maximum atomic E-state index is 12.8. The van der Waals surface area contributed by atoms with Gasteiger partial charge in [0.15, 0.2) is 0 Å². The third-order valence-electron chi connectivity index (χ3n) is 3.09. The van der Waals surface area contributed by atoms with Crippen molar-refractivity contribution in [1.29, 1.82) is 0 Å². The number of benzene rings is 1. The first-order valence-corrected chi connectivity index (χ1v) is 5.88. The van der Waals surface area contributed by atoms with E-state index in [-0.39, 0.29) is 18.8 Å². The van der Waals surface area contributed by atoms with Gasteiger partial charge in [-0.25, -0.2) is 0 Å². The molecule has 0 amide bonds. The highest BCUT2D eigenvalue weighted by molar-refractivity contribution is 5.77. The van der Waals surface area contributed by atoms with E-state index in [4.69, 9.17) is 9.84 Å².